The van der Waals surface area contributed by atoms with Gasteiger partial charge in [0.2, 0.25) is 35.4 Å². The number of rotatable bonds is 15. The normalized spacial score (nSPS) is 18.0. The van der Waals surface area contributed by atoms with Crippen LogP contribution in [0.4, 0.5) is 0 Å². The van der Waals surface area contributed by atoms with E-state index in [9.17, 15) is 28.8 Å². The quantitative estimate of drug-likeness (QED) is 0.187. The SMILES string of the molecule is CC(C)CNC(=O)[C@H](C)NC(=O)[C@H](C)NC(=O)[C@H](C)NC(=O)CCCCCN1C(=O)CC(C(C)C)C1=O.[HH].[HH].[HH].[HH]. The number of carbonyl (C=O) groups is 6. The molecule has 0 saturated carbocycles. The molecule has 6 amide bonds. The fourth-order valence-electron chi connectivity index (χ4n) is 3.84. The molecule has 0 aliphatic carbocycles. The van der Waals surface area contributed by atoms with E-state index in [1.54, 1.807) is 6.92 Å². The standard InChI is InChI=1S/C26H45N5O6.4H2/c1-15(2)14-27-23(34)17(5)29-25(36)19(7)30-24(35)18(6)28-21(32)11-9-8-10-12-31-22(33)13-20(16(3)4)26(31)37;;;;/h15-20H,8-14H2,1-7H3,(H,27,34)(H,28,32)(H,29,36)(H,30,35);4*1H/t17-,18-,19-,20?;;;;/m0..../s1. The third kappa shape index (κ3) is 10.9. The zero-order valence-corrected chi connectivity index (χ0v) is 23.3. The number of likely N-dealkylation sites (tertiary alicyclic amines) is 1. The molecular weight excluding hydrogens is 478 g/mol. The highest BCUT2D eigenvalue weighted by atomic mass is 16.2. The summed E-state index contributed by atoms with van der Waals surface area (Å²) in [6, 6.07) is -2.48. The van der Waals surface area contributed by atoms with Gasteiger partial charge in [0.05, 0.1) is 0 Å². The molecule has 37 heavy (non-hydrogen) atoms. The minimum Gasteiger partial charge on any atom is -0.354 e. The van der Waals surface area contributed by atoms with Crippen LogP contribution in [-0.2, 0) is 28.8 Å². The van der Waals surface area contributed by atoms with Crippen molar-refractivity contribution < 1.29 is 34.5 Å². The smallest absolute Gasteiger partial charge is 0.242 e. The second-order valence-electron chi connectivity index (χ2n) is 10.6. The molecule has 218 valence electrons. The summed E-state index contributed by atoms with van der Waals surface area (Å²) >= 11 is 0. The lowest BCUT2D eigenvalue weighted by molar-refractivity contribution is -0.140. The summed E-state index contributed by atoms with van der Waals surface area (Å²) in [5, 5.41) is 10.4. The number of amides is 6. The van der Waals surface area contributed by atoms with Crippen LogP contribution in [0.5, 0.6) is 0 Å². The molecule has 0 aromatic rings. The van der Waals surface area contributed by atoms with Gasteiger partial charge in [0.1, 0.15) is 18.1 Å². The molecular formula is C26H53N5O6. The van der Waals surface area contributed by atoms with Crippen molar-refractivity contribution in [1.29, 1.82) is 0 Å². The molecule has 0 bridgehead atoms. The highest BCUT2D eigenvalue weighted by Crippen LogP contribution is 2.26. The summed E-state index contributed by atoms with van der Waals surface area (Å²) in [6.45, 7) is 13.2. The maximum absolute atomic E-state index is 12.4. The molecule has 1 aliphatic rings. The molecule has 1 aliphatic heterocycles. The molecule has 0 aromatic heterocycles. The second kappa shape index (κ2) is 15.3. The van der Waals surface area contributed by atoms with Crippen LogP contribution in [0.2, 0.25) is 0 Å². The third-order valence-corrected chi connectivity index (χ3v) is 6.33. The molecule has 11 nitrogen and oxygen atoms in total. The van der Waals surface area contributed by atoms with Gasteiger partial charge in [0.15, 0.2) is 0 Å². The van der Waals surface area contributed by atoms with Crippen LogP contribution >= 0.6 is 0 Å². The zero-order chi connectivity index (χ0) is 28.3. The summed E-state index contributed by atoms with van der Waals surface area (Å²) < 4.78 is 0. The second-order valence-corrected chi connectivity index (χ2v) is 10.6. The molecule has 0 aromatic carbocycles. The van der Waals surface area contributed by atoms with Crippen molar-refractivity contribution in [2.24, 2.45) is 17.8 Å². The Labute approximate surface area is 226 Å². The Balaban J connectivity index is -0.00000171. The van der Waals surface area contributed by atoms with Gasteiger partial charge in [-0.3, -0.25) is 33.7 Å². The maximum Gasteiger partial charge on any atom is 0.242 e. The molecule has 1 saturated heterocycles. The van der Waals surface area contributed by atoms with E-state index in [1.807, 2.05) is 27.7 Å². The molecule has 4 N–H and O–H groups in total. The van der Waals surface area contributed by atoms with E-state index in [4.69, 9.17) is 0 Å². The molecule has 1 rings (SSSR count). The number of carbonyl (C=O) groups excluding carboxylic acids is 6. The minimum absolute atomic E-state index is 0. The lowest BCUT2D eigenvalue weighted by atomic mass is 9.94. The molecule has 1 fully saturated rings. The van der Waals surface area contributed by atoms with Gasteiger partial charge in [-0.2, -0.15) is 0 Å². The monoisotopic (exact) mass is 531 g/mol. The summed E-state index contributed by atoms with van der Waals surface area (Å²) in [4.78, 5) is 74.7. The summed E-state index contributed by atoms with van der Waals surface area (Å²) in [7, 11) is 0. The summed E-state index contributed by atoms with van der Waals surface area (Å²) in [5.41, 5.74) is 0. The molecule has 4 atom stereocenters. The van der Waals surface area contributed by atoms with Crippen molar-refractivity contribution in [3.8, 4) is 0 Å². The van der Waals surface area contributed by atoms with Crippen LogP contribution in [-0.4, -0.2) is 71.6 Å². The Bertz CT molecular complexity index is 862. The van der Waals surface area contributed by atoms with Crippen LogP contribution in [0.1, 0.15) is 86.3 Å². The Morgan fingerprint density at radius 1 is 0.811 bits per heavy atom. The van der Waals surface area contributed by atoms with Gasteiger partial charge in [0, 0.05) is 37.6 Å². The fraction of sp³-hybridized carbons (Fsp3) is 0.769. The van der Waals surface area contributed by atoms with Crippen molar-refractivity contribution in [3.63, 3.8) is 0 Å². The first-order chi connectivity index (χ1) is 17.2. The Morgan fingerprint density at radius 2 is 1.35 bits per heavy atom. The summed E-state index contributed by atoms with van der Waals surface area (Å²) in [5.74, 6) is -1.69. The first kappa shape index (κ1) is 32.0. The largest absolute Gasteiger partial charge is 0.354 e. The van der Waals surface area contributed by atoms with Crippen LogP contribution < -0.4 is 21.3 Å². The van der Waals surface area contributed by atoms with E-state index < -0.39 is 29.9 Å². The van der Waals surface area contributed by atoms with Gasteiger partial charge in [-0.1, -0.05) is 34.1 Å². The summed E-state index contributed by atoms with van der Waals surface area (Å²) in [6.07, 6.45) is 2.31. The van der Waals surface area contributed by atoms with Crippen molar-refractivity contribution >= 4 is 35.4 Å². The zero-order valence-electron chi connectivity index (χ0n) is 23.3. The molecule has 0 radical (unpaired) electrons. The number of imide groups is 1. The number of nitrogens with one attached hydrogen (secondary N) is 4. The van der Waals surface area contributed by atoms with Crippen molar-refractivity contribution in [2.45, 2.75) is 98.7 Å². The van der Waals surface area contributed by atoms with Crippen molar-refractivity contribution in [1.82, 2.24) is 26.2 Å². The van der Waals surface area contributed by atoms with Gasteiger partial charge >= 0.3 is 0 Å². The van der Waals surface area contributed by atoms with Crippen molar-refractivity contribution in [2.75, 3.05) is 13.1 Å². The van der Waals surface area contributed by atoms with E-state index in [2.05, 4.69) is 21.3 Å². The number of hydrogen-bond donors (Lipinski definition) is 4. The first-order valence-corrected chi connectivity index (χ1v) is 13.3. The van der Waals surface area contributed by atoms with Gasteiger partial charge in [0.25, 0.3) is 0 Å². The lowest BCUT2D eigenvalue weighted by Gasteiger charge is -2.20. The van der Waals surface area contributed by atoms with Gasteiger partial charge in [-0.05, 0) is 45.4 Å². The van der Waals surface area contributed by atoms with E-state index >= 15 is 0 Å². The van der Waals surface area contributed by atoms with Gasteiger partial charge in [-0.15, -0.1) is 0 Å². The predicted molar refractivity (Wildman–Crippen MR) is 147 cm³/mol. The average Bonchev–Trinajstić information content (AvgIpc) is 3.10. The third-order valence-electron chi connectivity index (χ3n) is 6.33. The number of hydrogen-bond acceptors (Lipinski definition) is 6. The van der Waals surface area contributed by atoms with Gasteiger partial charge in [-0.25, -0.2) is 0 Å². The topological polar surface area (TPSA) is 154 Å². The highest BCUT2D eigenvalue weighted by molar-refractivity contribution is 6.03. The number of unbranched alkanes of at least 4 members (excludes halogenated alkanes) is 2. The van der Waals surface area contributed by atoms with Crippen LogP contribution in [0.3, 0.4) is 0 Å². The Morgan fingerprint density at radius 3 is 1.86 bits per heavy atom. The Kier molecular flexibility index (Phi) is 13.3. The van der Waals surface area contributed by atoms with Crippen LogP contribution in [0.15, 0.2) is 0 Å². The predicted octanol–water partition coefficient (Wildman–Crippen LogP) is 1.85. The fourth-order valence-corrected chi connectivity index (χ4v) is 3.84. The van der Waals surface area contributed by atoms with E-state index in [-0.39, 0.29) is 59.9 Å². The first-order valence-electron chi connectivity index (χ1n) is 13.3. The molecule has 1 unspecified atom stereocenters. The van der Waals surface area contributed by atoms with Crippen LogP contribution in [0, 0.1) is 17.8 Å². The Hall–Kier alpha value is -2.98. The number of nitrogens with zero attached hydrogens (tertiary/aromatic N) is 1. The maximum atomic E-state index is 12.4. The molecule has 0 spiro atoms. The molecule has 11 heteroatoms. The van der Waals surface area contributed by atoms with Crippen LogP contribution in [0.25, 0.3) is 0 Å². The van der Waals surface area contributed by atoms with Gasteiger partial charge < -0.3 is 21.3 Å². The van der Waals surface area contributed by atoms with E-state index in [1.165, 1.54) is 18.7 Å². The van der Waals surface area contributed by atoms with Crippen molar-refractivity contribution in [3.05, 3.63) is 0 Å². The van der Waals surface area contributed by atoms with E-state index in [0.29, 0.717) is 32.4 Å². The minimum atomic E-state index is -0.890. The highest BCUT2D eigenvalue weighted by Gasteiger charge is 2.39. The lowest BCUT2D eigenvalue weighted by Crippen LogP contribution is -2.54. The molecule has 1 heterocycles. The van der Waals surface area contributed by atoms with E-state index in [0.717, 1.165) is 0 Å². The average molecular weight is 532 g/mol.